The van der Waals surface area contributed by atoms with Crippen LogP contribution < -0.4 is 15.4 Å². The Kier molecular flexibility index (Phi) is 7.21. The quantitative estimate of drug-likeness (QED) is 0.756. The Morgan fingerprint density at radius 2 is 1.73 bits per heavy atom. The van der Waals surface area contributed by atoms with Crippen LogP contribution in [0.1, 0.15) is 24.8 Å². The number of para-hydroxylation sites is 1. The number of hydrogen-bond acceptors (Lipinski definition) is 4. The van der Waals surface area contributed by atoms with Gasteiger partial charge in [0.2, 0.25) is 5.91 Å². The molecule has 7 heteroatoms. The third kappa shape index (κ3) is 4.70. The number of anilines is 2. The van der Waals surface area contributed by atoms with Crippen LogP contribution in [0.4, 0.5) is 11.4 Å². The molecule has 2 heterocycles. The normalized spacial score (nSPS) is 16.4. The van der Waals surface area contributed by atoms with Crippen LogP contribution in [0, 0.1) is 5.92 Å². The number of nitrogens with two attached hydrogens (primary N) is 1. The van der Waals surface area contributed by atoms with Gasteiger partial charge in [0, 0.05) is 36.9 Å². The van der Waals surface area contributed by atoms with Crippen molar-refractivity contribution in [1.82, 2.24) is 4.90 Å². The van der Waals surface area contributed by atoms with Gasteiger partial charge in [0.15, 0.2) is 6.61 Å². The van der Waals surface area contributed by atoms with E-state index in [2.05, 4.69) is 0 Å². The van der Waals surface area contributed by atoms with Crippen LogP contribution >= 0.6 is 12.4 Å². The zero-order valence-electron chi connectivity index (χ0n) is 17.0. The third-order valence-electron chi connectivity index (χ3n) is 5.86. The zero-order valence-corrected chi connectivity index (χ0v) is 17.8. The van der Waals surface area contributed by atoms with E-state index < -0.39 is 0 Å². The summed E-state index contributed by atoms with van der Waals surface area (Å²) in [4.78, 5) is 29.3. The summed E-state index contributed by atoms with van der Waals surface area (Å²) >= 11 is 0. The number of piperidine rings is 1. The van der Waals surface area contributed by atoms with Gasteiger partial charge in [-0.2, -0.15) is 0 Å². The molecule has 160 valence electrons. The number of hydrogen-bond donors (Lipinski definition) is 1. The van der Waals surface area contributed by atoms with E-state index in [1.807, 2.05) is 53.4 Å². The molecular formula is C23H28ClN3O3. The molecule has 2 aromatic carbocycles. The van der Waals surface area contributed by atoms with Gasteiger partial charge in [0.25, 0.3) is 5.91 Å². The molecule has 0 bridgehead atoms. The van der Waals surface area contributed by atoms with Crippen LogP contribution in [-0.2, 0) is 16.0 Å². The van der Waals surface area contributed by atoms with Crippen molar-refractivity contribution in [3.8, 4) is 5.75 Å². The summed E-state index contributed by atoms with van der Waals surface area (Å²) in [5.74, 6) is 0.760. The highest BCUT2D eigenvalue weighted by Gasteiger charge is 2.33. The molecule has 0 radical (unpaired) electrons. The Morgan fingerprint density at radius 1 is 1.00 bits per heavy atom. The first-order valence-electron chi connectivity index (χ1n) is 10.3. The minimum absolute atomic E-state index is 0. The van der Waals surface area contributed by atoms with E-state index in [1.165, 1.54) is 0 Å². The van der Waals surface area contributed by atoms with Gasteiger partial charge < -0.3 is 20.3 Å². The molecule has 0 aliphatic carbocycles. The Hall–Kier alpha value is -2.73. The Morgan fingerprint density at radius 3 is 2.47 bits per heavy atom. The predicted molar refractivity (Wildman–Crippen MR) is 120 cm³/mol. The van der Waals surface area contributed by atoms with Gasteiger partial charge in [-0.1, -0.05) is 24.3 Å². The predicted octanol–water partition coefficient (Wildman–Crippen LogP) is 3.29. The monoisotopic (exact) mass is 429 g/mol. The summed E-state index contributed by atoms with van der Waals surface area (Å²) in [6.07, 6.45) is 3.22. The van der Waals surface area contributed by atoms with E-state index in [4.69, 9.17) is 10.5 Å². The van der Waals surface area contributed by atoms with Gasteiger partial charge in [-0.05, 0) is 55.5 Å². The number of rotatable bonds is 4. The van der Waals surface area contributed by atoms with E-state index in [1.54, 1.807) is 4.90 Å². The fourth-order valence-electron chi connectivity index (χ4n) is 4.23. The summed E-state index contributed by atoms with van der Waals surface area (Å²) in [5, 5.41) is 0. The molecule has 2 aliphatic rings. The molecule has 0 saturated carbocycles. The van der Waals surface area contributed by atoms with Crippen molar-refractivity contribution in [2.24, 2.45) is 5.92 Å². The molecule has 1 fully saturated rings. The van der Waals surface area contributed by atoms with Crippen LogP contribution in [0.5, 0.6) is 5.75 Å². The van der Waals surface area contributed by atoms with E-state index in [9.17, 15) is 9.59 Å². The minimum Gasteiger partial charge on any atom is -0.484 e. The Bertz CT molecular complexity index is 883. The number of likely N-dealkylation sites (tertiary alicyclic amines) is 1. The van der Waals surface area contributed by atoms with Crippen LogP contribution in [0.2, 0.25) is 0 Å². The highest BCUT2D eigenvalue weighted by Crippen LogP contribution is 2.33. The van der Waals surface area contributed by atoms with Crippen LogP contribution in [-0.4, -0.2) is 43.0 Å². The topological polar surface area (TPSA) is 75.9 Å². The molecule has 2 aromatic rings. The number of carbonyl (C=O) groups excluding carboxylic acids is 2. The van der Waals surface area contributed by atoms with E-state index in [0.29, 0.717) is 31.7 Å². The van der Waals surface area contributed by atoms with E-state index in [-0.39, 0.29) is 36.7 Å². The molecule has 0 aromatic heterocycles. The lowest BCUT2D eigenvalue weighted by Crippen LogP contribution is -2.46. The number of nitrogen functional groups attached to an aromatic ring is 1. The maximum absolute atomic E-state index is 13.2. The summed E-state index contributed by atoms with van der Waals surface area (Å²) < 4.78 is 5.56. The smallest absolute Gasteiger partial charge is 0.260 e. The molecule has 4 rings (SSSR count). The second kappa shape index (κ2) is 9.85. The summed E-state index contributed by atoms with van der Waals surface area (Å²) in [5.41, 5.74) is 8.91. The molecular weight excluding hydrogens is 402 g/mol. The number of benzene rings is 2. The number of halogens is 1. The van der Waals surface area contributed by atoms with Crippen molar-refractivity contribution in [3.63, 3.8) is 0 Å². The maximum Gasteiger partial charge on any atom is 0.260 e. The SMILES string of the molecule is Cl.Nc1cccc2c1CCCN2C(=O)C1CCN(C(=O)COc2ccccc2)CC1. The third-order valence-corrected chi connectivity index (χ3v) is 5.86. The minimum atomic E-state index is -0.0542. The summed E-state index contributed by atoms with van der Waals surface area (Å²) in [6, 6.07) is 15.1. The standard InChI is InChI=1S/C23H27N3O3.ClH/c24-20-9-4-10-21-19(20)8-5-13-26(21)23(28)17-11-14-25(15-12-17)22(27)16-29-18-6-2-1-3-7-18;/h1-4,6-7,9-10,17H,5,8,11-16,24H2;1H. The van der Waals surface area contributed by atoms with Crippen LogP contribution in [0.3, 0.4) is 0 Å². The van der Waals surface area contributed by atoms with Gasteiger partial charge in [0.1, 0.15) is 5.75 Å². The number of nitrogens with zero attached hydrogens (tertiary/aromatic N) is 2. The molecule has 2 N–H and O–H groups in total. The number of carbonyl (C=O) groups is 2. The molecule has 1 saturated heterocycles. The van der Waals surface area contributed by atoms with Crippen LogP contribution in [0.15, 0.2) is 48.5 Å². The fraction of sp³-hybridized carbons (Fsp3) is 0.391. The fourth-order valence-corrected chi connectivity index (χ4v) is 4.23. The van der Waals surface area contributed by atoms with Crippen molar-refractivity contribution in [2.45, 2.75) is 25.7 Å². The first kappa shape index (κ1) is 22.0. The Balaban J connectivity index is 0.00000256. The number of fused-ring (bicyclic) bond motifs is 1. The first-order valence-corrected chi connectivity index (χ1v) is 10.3. The lowest BCUT2D eigenvalue weighted by Gasteiger charge is -2.36. The van der Waals surface area contributed by atoms with Crippen molar-refractivity contribution >= 4 is 35.6 Å². The first-order chi connectivity index (χ1) is 14.1. The average Bonchev–Trinajstić information content (AvgIpc) is 2.78. The highest BCUT2D eigenvalue weighted by molar-refractivity contribution is 5.97. The average molecular weight is 430 g/mol. The van der Waals surface area contributed by atoms with Gasteiger partial charge in [0.05, 0.1) is 0 Å². The highest BCUT2D eigenvalue weighted by atomic mass is 35.5. The van der Waals surface area contributed by atoms with E-state index in [0.717, 1.165) is 36.3 Å². The molecule has 0 unspecified atom stereocenters. The summed E-state index contributed by atoms with van der Waals surface area (Å²) in [7, 11) is 0. The Labute approximate surface area is 183 Å². The van der Waals surface area contributed by atoms with Crippen molar-refractivity contribution in [2.75, 3.05) is 36.9 Å². The number of ether oxygens (including phenoxy) is 1. The van der Waals surface area contributed by atoms with Gasteiger partial charge >= 0.3 is 0 Å². The lowest BCUT2D eigenvalue weighted by molar-refractivity contribution is -0.136. The molecule has 2 aliphatic heterocycles. The van der Waals surface area contributed by atoms with E-state index >= 15 is 0 Å². The number of amides is 2. The molecule has 30 heavy (non-hydrogen) atoms. The lowest BCUT2D eigenvalue weighted by atomic mass is 9.92. The van der Waals surface area contributed by atoms with Crippen molar-refractivity contribution in [3.05, 3.63) is 54.1 Å². The van der Waals surface area contributed by atoms with Crippen LogP contribution in [0.25, 0.3) is 0 Å². The summed E-state index contributed by atoms with van der Waals surface area (Å²) in [6.45, 7) is 1.94. The van der Waals surface area contributed by atoms with Gasteiger partial charge in [-0.3, -0.25) is 9.59 Å². The van der Waals surface area contributed by atoms with Crippen molar-refractivity contribution < 1.29 is 14.3 Å². The second-order valence-corrected chi connectivity index (χ2v) is 7.70. The molecule has 2 amide bonds. The second-order valence-electron chi connectivity index (χ2n) is 7.70. The largest absolute Gasteiger partial charge is 0.484 e. The molecule has 0 spiro atoms. The van der Waals surface area contributed by atoms with Gasteiger partial charge in [-0.15, -0.1) is 12.4 Å². The molecule has 6 nitrogen and oxygen atoms in total. The van der Waals surface area contributed by atoms with Gasteiger partial charge in [-0.25, -0.2) is 0 Å². The molecule has 0 atom stereocenters. The zero-order chi connectivity index (χ0) is 20.2. The van der Waals surface area contributed by atoms with Crippen molar-refractivity contribution in [1.29, 1.82) is 0 Å². The maximum atomic E-state index is 13.2.